The molecule has 0 radical (unpaired) electrons. The summed E-state index contributed by atoms with van der Waals surface area (Å²) in [7, 11) is 0. The number of benzene rings is 2. The molecule has 2 aromatic carbocycles. The summed E-state index contributed by atoms with van der Waals surface area (Å²) in [6, 6.07) is 16.7. The average Bonchev–Trinajstić information content (AvgIpc) is 2.97. The van der Waals surface area contributed by atoms with Crippen molar-refractivity contribution in [1.82, 2.24) is 10.3 Å². The molecule has 1 aromatic heterocycles. The molecule has 0 spiro atoms. The summed E-state index contributed by atoms with van der Waals surface area (Å²) in [5, 5.41) is 13.3. The third kappa shape index (κ3) is 2.66. The van der Waals surface area contributed by atoms with Gasteiger partial charge in [0.25, 0.3) is 5.91 Å². The lowest BCUT2D eigenvalue weighted by Crippen LogP contribution is -2.30. The molecule has 0 aliphatic heterocycles. The molecule has 0 fully saturated rings. The summed E-state index contributed by atoms with van der Waals surface area (Å²) in [6.45, 7) is -0.141. The normalized spacial score (nSPS) is 12.2. The van der Waals surface area contributed by atoms with E-state index in [1.165, 1.54) is 0 Å². The monoisotopic (exact) mass is 280 g/mol. The highest BCUT2D eigenvalue weighted by molar-refractivity contribution is 6.06. The van der Waals surface area contributed by atoms with Crippen molar-refractivity contribution < 1.29 is 9.90 Å². The number of carbonyl (C=O) groups is 1. The molecule has 0 saturated heterocycles. The number of aromatic nitrogens is 1. The Morgan fingerprint density at radius 2 is 1.81 bits per heavy atom. The smallest absolute Gasteiger partial charge is 0.254 e. The van der Waals surface area contributed by atoms with Crippen molar-refractivity contribution in [3.8, 4) is 0 Å². The number of amides is 1. The SMILES string of the molecule is O=C(N[C@H](CO)c1ccccc1)c1c[nH]c2ccccc12. The van der Waals surface area contributed by atoms with Gasteiger partial charge >= 0.3 is 0 Å². The second-order valence-electron chi connectivity index (χ2n) is 4.87. The molecule has 0 saturated carbocycles. The lowest BCUT2D eigenvalue weighted by molar-refractivity contribution is 0.0918. The number of rotatable bonds is 4. The molecule has 3 rings (SSSR count). The van der Waals surface area contributed by atoms with Gasteiger partial charge in [-0.1, -0.05) is 48.5 Å². The summed E-state index contributed by atoms with van der Waals surface area (Å²) < 4.78 is 0. The van der Waals surface area contributed by atoms with Crippen molar-refractivity contribution in [1.29, 1.82) is 0 Å². The van der Waals surface area contributed by atoms with Crippen molar-refractivity contribution in [2.75, 3.05) is 6.61 Å². The first kappa shape index (κ1) is 13.4. The Balaban J connectivity index is 1.85. The van der Waals surface area contributed by atoms with Crippen LogP contribution < -0.4 is 5.32 Å². The molecule has 1 amide bonds. The summed E-state index contributed by atoms with van der Waals surface area (Å²) in [6.07, 6.45) is 1.69. The summed E-state index contributed by atoms with van der Waals surface area (Å²) in [5.41, 5.74) is 2.39. The number of hydrogen-bond acceptors (Lipinski definition) is 2. The van der Waals surface area contributed by atoms with Crippen LogP contribution in [-0.4, -0.2) is 22.6 Å². The lowest BCUT2D eigenvalue weighted by Gasteiger charge is -2.16. The number of carbonyl (C=O) groups excluding carboxylic acids is 1. The zero-order valence-electron chi connectivity index (χ0n) is 11.4. The van der Waals surface area contributed by atoms with E-state index in [0.717, 1.165) is 16.5 Å². The molecule has 4 nitrogen and oxygen atoms in total. The molecular weight excluding hydrogens is 264 g/mol. The zero-order chi connectivity index (χ0) is 14.7. The van der Waals surface area contributed by atoms with Crippen molar-refractivity contribution in [3.63, 3.8) is 0 Å². The Hall–Kier alpha value is -2.59. The molecule has 0 aliphatic carbocycles. The van der Waals surface area contributed by atoms with Crippen LogP contribution in [0.3, 0.4) is 0 Å². The number of fused-ring (bicyclic) bond motifs is 1. The van der Waals surface area contributed by atoms with Gasteiger partial charge in [-0.3, -0.25) is 4.79 Å². The first-order valence-electron chi connectivity index (χ1n) is 6.82. The second kappa shape index (κ2) is 5.81. The fourth-order valence-electron chi connectivity index (χ4n) is 2.42. The quantitative estimate of drug-likeness (QED) is 0.688. The van der Waals surface area contributed by atoms with Crippen LogP contribution in [0.15, 0.2) is 60.8 Å². The predicted octanol–water partition coefficient (Wildman–Crippen LogP) is 2.63. The average molecular weight is 280 g/mol. The largest absolute Gasteiger partial charge is 0.394 e. The predicted molar refractivity (Wildman–Crippen MR) is 82.0 cm³/mol. The fraction of sp³-hybridized carbons (Fsp3) is 0.118. The van der Waals surface area contributed by atoms with Crippen molar-refractivity contribution >= 4 is 16.8 Å². The standard InChI is InChI=1S/C17H16N2O2/c20-11-16(12-6-2-1-3-7-12)19-17(21)14-10-18-15-9-5-4-8-13(14)15/h1-10,16,18,20H,11H2,(H,19,21)/t16-/m1/s1. The van der Waals surface area contributed by atoms with Gasteiger partial charge < -0.3 is 15.4 Å². The molecule has 0 bridgehead atoms. The van der Waals surface area contributed by atoms with Crippen molar-refractivity contribution in [3.05, 3.63) is 71.9 Å². The Morgan fingerprint density at radius 3 is 2.57 bits per heavy atom. The van der Waals surface area contributed by atoms with Crippen LogP contribution in [0.1, 0.15) is 22.0 Å². The maximum absolute atomic E-state index is 12.4. The van der Waals surface area contributed by atoms with Crippen LogP contribution >= 0.6 is 0 Å². The number of nitrogens with one attached hydrogen (secondary N) is 2. The summed E-state index contributed by atoms with van der Waals surface area (Å²) in [5.74, 6) is -0.199. The molecule has 1 atom stereocenters. The molecule has 106 valence electrons. The molecular formula is C17H16N2O2. The van der Waals surface area contributed by atoms with E-state index in [-0.39, 0.29) is 12.5 Å². The van der Waals surface area contributed by atoms with Gasteiger partial charge in [0.1, 0.15) is 0 Å². The van der Waals surface area contributed by atoms with Crippen LogP contribution in [0.2, 0.25) is 0 Å². The maximum Gasteiger partial charge on any atom is 0.254 e. The van der Waals surface area contributed by atoms with E-state index in [0.29, 0.717) is 5.56 Å². The zero-order valence-corrected chi connectivity index (χ0v) is 11.4. The fourth-order valence-corrected chi connectivity index (χ4v) is 2.42. The molecule has 0 aliphatic rings. The second-order valence-corrected chi connectivity index (χ2v) is 4.87. The molecule has 21 heavy (non-hydrogen) atoms. The van der Waals surface area contributed by atoms with Gasteiger partial charge in [0.2, 0.25) is 0 Å². The highest BCUT2D eigenvalue weighted by Crippen LogP contribution is 2.19. The van der Waals surface area contributed by atoms with Gasteiger partial charge in [-0.2, -0.15) is 0 Å². The van der Waals surface area contributed by atoms with Crippen LogP contribution in [0.5, 0.6) is 0 Å². The highest BCUT2D eigenvalue weighted by Gasteiger charge is 2.17. The van der Waals surface area contributed by atoms with E-state index in [9.17, 15) is 9.90 Å². The van der Waals surface area contributed by atoms with Gasteiger partial charge in [-0.15, -0.1) is 0 Å². The number of para-hydroxylation sites is 1. The Morgan fingerprint density at radius 1 is 1.10 bits per heavy atom. The number of aliphatic hydroxyl groups excluding tert-OH is 1. The number of hydrogen-bond donors (Lipinski definition) is 3. The molecule has 1 heterocycles. The third-order valence-corrected chi connectivity index (χ3v) is 3.52. The minimum absolute atomic E-state index is 0.141. The minimum Gasteiger partial charge on any atom is -0.394 e. The van der Waals surface area contributed by atoms with E-state index in [4.69, 9.17) is 0 Å². The Labute approximate surface area is 122 Å². The third-order valence-electron chi connectivity index (χ3n) is 3.52. The lowest BCUT2D eigenvalue weighted by atomic mass is 10.1. The van der Waals surface area contributed by atoms with Crippen molar-refractivity contribution in [2.45, 2.75) is 6.04 Å². The van der Waals surface area contributed by atoms with E-state index < -0.39 is 6.04 Å². The van der Waals surface area contributed by atoms with E-state index in [2.05, 4.69) is 10.3 Å². The number of aromatic amines is 1. The van der Waals surface area contributed by atoms with Gasteiger partial charge in [-0.25, -0.2) is 0 Å². The Bertz CT molecular complexity index is 750. The first-order valence-corrected chi connectivity index (χ1v) is 6.82. The van der Waals surface area contributed by atoms with Crippen LogP contribution in [0.4, 0.5) is 0 Å². The van der Waals surface area contributed by atoms with E-state index in [1.54, 1.807) is 6.20 Å². The van der Waals surface area contributed by atoms with Gasteiger partial charge in [0.05, 0.1) is 18.2 Å². The van der Waals surface area contributed by atoms with Gasteiger partial charge in [0, 0.05) is 17.1 Å². The van der Waals surface area contributed by atoms with Crippen molar-refractivity contribution in [2.24, 2.45) is 0 Å². The summed E-state index contributed by atoms with van der Waals surface area (Å²) >= 11 is 0. The maximum atomic E-state index is 12.4. The number of aliphatic hydroxyl groups is 1. The molecule has 3 aromatic rings. The highest BCUT2D eigenvalue weighted by atomic mass is 16.3. The van der Waals surface area contributed by atoms with Crippen LogP contribution in [0.25, 0.3) is 10.9 Å². The van der Waals surface area contributed by atoms with Gasteiger partial charge in [-0.05, 0) is 11.6 Å². The van der Waals surface area contributed by atoms with E-state index >= 15 is 0 Å². The van der Waals surface area contributed by atoms with Gasteiger partial charge in [0.15, 0.2) is 0 Å². The Kier molecular flexibility index (Phi) is 3.71. The molecule has 4 heteroatoms. The number of H-pyrrole nitrogens is 1. The topological polar surface area (TPSA) is 65.1 Å². The molecule has 3 N–H and O–H groups in total. The van der Waals surface area contributed by atoms with Crippen LogP contribution in [-0.2, 0) is 0 Å². The summed E-state index contributed by atoms with van der Waals surface area (Å²) in [4.78, 5) is 15.5. The first-order chi connectivity index (χ1) is 10.3. The minimum atomic E-state index is -0.410. The molecule has 0 unspecified atom stereocenters. The van der Waals surface area contributed by atoms with Crippen LogP contribution in [0, 0.1) is 0 Å². The van der Waals surface area contributed by atoms with E-state index in [1.807, 2.05) is 54.6 Å².